The number of rotatable bonds is 7. The monoisotopic (exact) mass is 311 g/mol. The van der Waals surface area contributed by atoms with E-state index in [4.69, 9.17) is 27.4 Å². The number of nitrogens with zero attached hydrogens (tertiary/aromatic N) is 2. The van der Waals surface area contributed by atoms with E-state index < -0.39 is 0 Å². The van der Waals surface area contributed by atoms with Crippen LogP contribution in [-0.2, 0) is 17.6 Å². The lowest BCUT2D eigenvalue weighted by molar-refractivity contribution is -0.0169. The van der Waals surface area contributed by atoms with Gasteiger partial charge in [0, 0.05) is 0 Å². The van der Waals surface area contributed by atoms with E-state index in [1.807, 2.05) is 34.6 Å². The van der Waals surface area contributed by atoms with Crippen molar-refractivity contribution in [3.05, 3.63) is 16.8 Å². The van der Waals surface area contributed by atoms with Gasteiger partial charge in [0.25, 0.3) is 0 Å². The summed E-state index contributed by atoms with van der Waals surface area (Å²) in [7, 11) is 0. The first kappa shape index (κ1) is 17.8. The Kier molecular flexibility index (Phi) is 6.48. The van der Waals surface area contributed by atoms with E-state index in [0.29, 0.717) is 29.6 Å². The molecule has 0 saturated heterocycles. The number of hydrogen-bond acceptors (Lipinski definition) is 5. The van der Waals surface area contributed by atoms with Gasteiger partial charge in [-0.05, 0) is 39.2 Å². The van der Waals surface area contributed by atoms with Crippen molar-refractivity contribution in [3.8, 4) is 5.88 Å². The lowest BCUT2D eigenvalue weighted by atomic mass is 10.0. The fourth-order valence-electron chi connectivity index (χ4n) is 2.00. The Balaban J connectivity index is 2.89. The van der Waals surface area contributed by atoms with Crippen LogP contribution in [0.3, 0.4) is 0 Å². The molecule has 21 heavy (non-hydrogen) atoms. The summed E-state index contributed by atoms with van der Waals surface area (Å²) in [5, 5.41) is 8.33. The maximum Gasteiger partial charge on any atom is 0.244 e. The first-order chi connectivity index (χ1) is 9.80. The predicted molar refractivity (Wildman–Crippen MR) is 87.9 cm³/mol. The van der Waals surface area contributed by atoms with Crippen LogP contribution in [0.4, 0.5) is 0 Å². The zero-order chi connectivity index (χ0) is 16.0. The third-order valence-electron chi connectivity index (χ3n) is 2.92. The minimum Gasteiger partial charge on any atom is -0.474 e. The molecule has 1 aromatic rings. The van der Waals surface area contributed by atoms with Crippen molar-refractivity contribution >= 4 is 17.2 Å². The summed E-state index contributed by atoms with van der Waals surface area (Å²) in [5.41, 5.74) is 8.29. The standard InChI is InChI=1S/C15H25N3O2S/c1-6-10-11(7-2)17-18-14(12(10)13(16)21)19-8-9-20-15(3,4)5/h6-9H2,1-5H3,(H2,16,21). The molecule has 0 saturated carbocycles. The SMILES string of the molecule is CCc1nnc(OCCOC(C)(C)C)c(C(N)=S)c1CC. The van der Waals surface area contributed by atoms with Gasteiger partial charge in [-0.2, -0.15) is 5.10 Å². The molecule has 0 bridgehead atoms. The summed E-state index contributed by atoms with van der Waals surface area (Å²) in [5.74, 6) is 0.397. The first-order valence-electron chi connectivity index (χ1n) is 7.25. The van der Waals surface area contributed by atoms with Crippen LogP contribution in [0.2, 0.25) is 0 Å². The van der Waals surface area contributed by atoms with Gasteiger partial charge in [0.15, 0.2) is 0 Å². The van der Waals surface area contributed by atoms with E-state index in [2.05, 4.69) is 10.2 Å². The average molecular weight is 311 g/mol. The molecule has 1 rings (SSSR count). The quantitative estimate of drug-likeness (QED) is 0.616. The van der Waals surface area contributed by atoms with Crippen molar-refractivity contribution in [2.45, 2.75) is 53.1 Å². The van der Waals surface area contributed by atoms with Crippen molar-refractivity contribution in [2.75, 3.05) is 13.2 Å². The Bertz CT molecular complexity index is 498. The van der Waals surface area contributed by atoms with Crippen LogP contribution in [-0.4, -0.2) is 34.0 Å². The molecule has 0 aliphatic heterocycles. The Morgan fingerprint density at radius 1 is 1.14 bits per heavy atom. The molecule has 0 aliphatic carbocycles. The topological polar surface area (TPSA) is 70.3 Å². The highest BCUT2D eigenvalue weighted by molar-refractivity contribution is 7.80. The van der Waals surface area contributed by atoms with Crippen molar-refractivity contribution in [2.24, 2.45) is 5.73 Å². The van der Waals surface area contributed by atoms with Crippen molar-refractivity contribution in [3.63, 3.8) is 0 Å². The first-order valence-corrected chi connectivity index (χ1v) is 7.66. The summed E-state index contributed by atoms with van der Waals surface area (Å²) in [6.45, 7) is 10.9. The molecule has 0 fully saturated rings. The fraction of sp³-hybridized carbons (Fsp3) is 0.667. The molecule has 0 aromatic carbocycles. The molecule has 118 valence electrons. The van der Waals surface area contributed by atoms with E-state index in [9.17, 15) is 0 Å². The van der Waals surface area contributed by atoms with E-state index in [0.717, 1.165) is 24.1 Å². The van der Waals surface area contributed by atoms with Gasteiger partial charge in [0.05, 0.1) is 23.5 Å². The third-order valence-corrected chi connectivity index (χ3v) is 3.12. The smallest absolute Gasteiger partial charge is 0.244 e. The van der Waals surface area contributed by atoms with Gasteiger partial charge < -0.3 is 15.2 Å². The van der Waals surface area contributed by atoms with Gasteiger partial charge in [-0.3, -0.25) is 0 Å². The summed E-state index contributed by atoms with van der Waals surface area (Å²) >= 11 is 5.15. The second kappa shape index (κ2) is 7.66. The number of thiocarbonyl (C=S) groups is 1. The van der Waals surface area contributed by atoms with Gasteiger partial charge in [0.1, 0.15) is 11.6 Å². The van der Waals surface area contributed by atoms with Crippen molar-refractivity contribution < 1.29 is 9.47 Å². The third kappa shape index (κ3) is 5.21. The minimum absolute atomic E-state index is 0.193. The highest BCUT2D eigenvalue weighted by Crippen LogP contribution is 2.22. The maximum atomic E-state index is 5.84. The number of hydrogen-bond donors (Lipinski definition) is 1. The predicted octanol–water partition coefficient (Wildman–Crippen LogP) is 2.43. The maximum absolute atomic E-state index is 5.84. The molecule has 2 N–H and O–H groups in total. The Morgan fingerprint density at radius 2 is 1.81 bits per heavy atom. The molecule has 0 spiro atoms. The van der Waals surface area contributed by atoms with E-state index in [-0.39, 0.29) is 5.60 Å². The lowest BCUT2D eigenvalue weighted by Gasteiger charge is -2.20. The number of aryl methyl sites for hydroxylation is 1. The molecule has 0 radical (unpaired) electrons. The molecular weight excluding hydrogens is 286 g/mol. The molecule has 0 amide bonds. The second-order valence-electron chi connectivity index (χ2n) is 5.69. The van der Waals surface area contributed by atoms with Crippen molar-refractivity contribution in [1.29, 1.82) is 0 Å². The zero-order valence-electron chi connectivity index (χ0n) is 13.5. The van der Waals surface area contributed by atoms with Gasteiger partial charge in [0.2, 0.25) is 5.88 Å². The summed E-state index contributed by atoms with van der Waals surface area (Å²) in [4.78, 5) is 0.295. The van der Waals surface area contributed by atoms with Crippen LogP contribution in [0.25, 0.3) is 0 Å². The summed E-state index contributed by atoms with van der Waals surface area (Å²) in [6, 6.07) is 0. The Labute approximate surface area is 132 Å². The molecule has 0 aliphatic rings. The molecule has 1 heterocycles. The Hall–Kier alpha value is -1.27. The van der Waals surface area contributed by atoms with Crippen LogP contribution < -0.4 is 10.5 Å². The van der Waals surface area contributed by atoms with Gasteiger partial charge >= 0.3 is 0 Å². The van der Waals surface area contributed by atoms with E-state index in [1.54, 1.807) is 0 Å². The van der Waals surface area contributed by atoms with Crippen molar-refractivity contribution in [1.82, 2.24) is 10.2 Å². The molecular formula is C15H25N3O2S. The zero-order valence-corrected chi connectivity index (χ0v) is 14.3. The number of nitrogens with two attached hydrogens (primary N) is 1. The van der Waals surface area contributed by atoms with Crippen LogP contribution in [0.5, 0.6) is 5.88 Å². The number of aromatic nitrogens is 2. The highest BCUT2D eigenvalue weighted by atomic mass is 32.1. The Morgan fingerprint density at radius 3 is 2.29 bits per heavy atom. The van der Waals surface area contributed by atoms with E-state index in [1.165, 1.54) is 0 Å². The van der Waals surface area contributed by atoms with Gasteiger partial charge in [-0.1, -0.05) is 26.1 Å². The van der Waals surface area contributed by atoms with Gasteiger partial charge in [-0.15, -0.1) is 5.10 Å². The normalized spacial score (nSPS) is 11.5. The molecule has 6 heteroatoms. The number of ether oxygens (including phenoxy) is 2. The summed E-state index contributed by atoms with van der Waals surface area (Å²) < 4.78 is 11.3. The molecule has 5 nitrogen and oxygen atoms in total. The van der Waals surface area contributed by atoms with Crippen LogP contribution in [0.1, 0.15) is 51.4 Å². The van der Waals surface area contributed by atoms with Gasteiger partial charge in [-0.25, -0.2) is 0 Å². The lowest BCUT2D eigenvalue weighted by Crippen LogP contribution is -2.24. The largest absolute Gasteiger partial charge is 0.474 e. The molecule has 1 aromatic heterocycles. The van der Waals surface area contributed by atoms with Crippen LogP contribution in [0, 0.1) is 0 Å². The summed E-state index contributed by atoms with van der Waals surface area (Å²) in [6.07, 6.45) is 1.58. The molecule has 0 unspecified atom stereocenters. The van der Waals surface area contributed by atoms with E-state index >= 15 is 0 Å². The van der Waals surface area contributed by atoms with Crippen LogP contribution in [0.15, 0.2) is 0 Å². The average Bonchev–Trinajstić information content (AvgIpc) is 2.41. The molecule has 0 atom stereocenters. The van der Waals surface area contributed by atoms with Crippen LogP contribution >= 0.6 is 12.2 Å². The highest BCUT2D eigenvalue weighted by Gasteiger charge is 2.18. The second-order valence-corrected chi connectivity index (χ2v) is 6.13. The fourth-order valence-corrected chi connectivity index (χ4v) is 2.21. The minimum atomic E-state index is -0.193.